The van der Waals surface area contributed by atoms with Gasteiger partial charge in [-0.1, -0.05) is 0 Å². The van der Waals surface area contributed by atoms with E-state index in [-0.39, 0.29) is 5.69 Å². The molecule has 1 heterocycles. The lowest BCUT2D eigenvalue weighted by atomic mass is 10.2. The average Bonchev–Trinajstić information content (AvgIpc) is 2.19. The van der Waals surface area contributed by atoms with Crippen LogP contribution in [0, 0.1) is 0 Å². The highest BCUT2D eigenvalue weighted by Crippen LogP contribution is 2.20. The van der Waals surface area contributed by atoms with Gasteiger partial charge in [-0.15, -0.1) is 0 Å². The molecular weight excluding hydrogens is 188 g/mol. The number of nitrogens with two attached hydrogens (primary N) is 1. The van der Waals surface area contributed by atoms with Gasteiger partial charge in [0, 0.05) is 24.6 Å². The highest BCUT2D eigenvalue weighted by atomic mass is 32.2. The molecule has 1 aromatic rings. The summed E-state index contributed by atoms with van der Waals surface area (Å²) in [5.41, 5.74) is 5.11. The molecule has 5 heteroatoms. The lowest BCUT2D eigenvalue weighted by Gasteiger charge is -2.29. The maximum atomic E-state index is 11.1. The van der Waals surface area contributed by atoms with Gasteiger partial charge in [-0.05, 0) is 0 Å². The predicted octanol–water partition coefficient (Wildman–Crippen LogP) is -0.582. The maximum Gasteiger partial charge on any atom is 0.253 e. The lowest BCUT2D eigenvalue weighted by Crippen LogP contribution is -2.45. The van der Waals surface area contributed by atoms with Gasteiger partial charge in [-0.2, -0.15) is 11.8 Å². The van der Waals surface area contributed by atoms with E-state index < -0.39 is 10.9 Å². The molecule has 1 aliphatic rings. The zero-order chi connectivity index (χ0) is 9.42. The Hall–Kier alpha value is -0.970. The molecule has 0 atom stereocenters. The van der Waals surface area contributed by atoms with Crippen LogP contribution in [0.15, 0.2) is 9.59 Å². The van der Waals surface area contributed by atoms with E-state index in [1.54, 1.807) is 0 Å². The fraction of sp³-hybridized carbons (Fsp3) is 0.500. The molecule has 0 unspecified atom stereocenters. The Morgan fingerprint density at radius 3 is 2.31 bits per heavy atom. The van der Waals surface area contributed by atoms with Crippen molar-refractivity contribution in [2.75, 3.05) is 35.2 Å². The summed E-state index contributed by atoms with van der Waals surface area (Å²) in [6.07, 6.45) is 0. The minimum absolute atomic E-state index is 0.150. The van der Waals surface area contributed by atoms with Crippen LogP contribution in [0.1, 0.15) is 0 Å². The van der Waals surface area contributed by atoms with E-state index in [9.17, 15) is 9.59 Å². The Bertz CT molecular complexity index is 389. The van der Waals surface area contributed by atoms with Crippen molar-refractivity contribution in [1.29, 1.82) is 0 Å². The number of nitrogens with zero attached hydrogens (tertiary/aromatic N) is 1. The van der Waals surface area contributed by atoms with Crippen LogP contribution in [0.25, 0.3) is 0 Å². The van der Waals surface area contributed by atoms with Gasteiger partial charge in [0.25, 0.3) is 10.9 Å². The molecule has 0 radical (unpaired) electrons. The van der Waals surface area contributed by atoms with Crippen molar-refractivity contribution >= 4 is 23.1 Å². The molecule has 70 valence electrons. The van der Waals surface area contributed by atoms with Crippen molar-refractivity contribution in [3.63, 3.8) is 0 Å². The molecule has 13 heavy (non-hydrogen) atoms. The summed E-state index contributed by atoms with van der Waals surface area (Å²) < 4.78 is 0. The third-order valence-electron chi connectivity index (χ3n) is 2.25. The van der Waals surface area contributed by atoms with E-state index in [1.165, 1.54) is 0 Å². The fourth-order valence-corrected chi connectivity index (χ4v) is 2.40. The van der Waals surface area contributed by atoms with Crippen LogP contribution in [0.5, 0.6) is 0 Å². The van der Waals surface area contributed by atoms with Gasteiger partial charge in [-0.25, -0.2) is 0 Å². The molecule has 1 aromatic carbocycles. The van der Waals surface area contributed by atoms with Gasteiger partial charge in [0.15, 0.2) is 0 Å². The summed E-state index contributed by atoms with van der Waals surface area (Å²) >= 11 is 1.85. The summed E-state index contributed by atoms with van der Waals surface area (Å²) in [4.78, 5) is 23.9. The number of hydrogen-bond donors (Lipinski definition) is 1. The molecule has 1 saturated heterocycles. The molecule has 0 amide bonds. The molecule has 0 aromatic heterocycles. The highest BCUT2D eigenvalue weighted by molar-refractivity contribution is 7.99. The van der Waals surface area contributed by atoms with Gasteiger partial charge in [0.1, 0.15) is 11.4 Å². The Kier molecular flexibility index (Phi) is 2.03. The first-order chi connectivity index (χ1) is 6.22. The largest absolute Gasteiger partial charge is 0.394 e. The number of nitrogen functional groups attached to an aromatic ring is 1. The minimum Gasteiger partial charge on any atom is -0.394 e. The van der Waals surface area contributed by atoms with E-state index in [0.717, 1.165) is 24.6 Å². The summed E-state index contributed by atoms with van der Waals surface area (Å²) in [6.45, 7) is 1.64. The zero-order valence-corrected chi connectivity index (χ0v) is 7.89. The van der Waals surface area contributed by atoms with E-state index >= 15 is 0 Å². The van der Waals surface area contributed by atoms with E-state index in [2.05, 4.69) is 0 Å². The van der Waals surface area contributed by atoms with Crippen LogP contribution in [-0.2, 0) is 0 Å². The van der Waals surface area contributed by atoms with Crippen LogP contribution in [0.2, 0.25) is 0 Å². The van der Waals surface area contributed by atoms with Crippen molar-refractivity contribution in [2.45, 2.75) is 0 Å². The van der Waals surface area contributed by atoms with Crippen LogP contribution in [0.3, 0.4) is 0 Å². The van der Waals surface area contributed by atoms with Gasteiger partial charge >= 0.3 is 0 Å². The molecule has 2 rings (SSSR count). The number of hydrogen-bond acceptors (Lipinski definition) is 5. The fourth-order valence-electron chi connectivity index (χ4n) is 1.50. The van der Waals surface area contributed by atoms with E-state index in [0.29, 0.717) is 5.69 Å². The van der Waals surface area contributed by atoms with Crippen LogP contribution < -0.4 is 21.5 Å². The minimum atomic E-state index is -0.520. The monoisotopic (exact) mass is 198 g/mol. The van der Waals surface area contributed by atoms with E-state index in [1.807, 2.05) is 16.7 Å². The summed E-state index contributed by atoms with van der Waals surface area (Å²) in [5.74, 6) is 2.00. The van der Waals surface area contributed by atoms with Crippen molar-refractivity contribution in [3.05, 3.63) is 20.4 Å². The van der Waals surface area contributed by atoms with Gasteiger partial charge in [0.05, 0.1) is 0 Å². The first-order valence-electron chi connectivity index (χ1n) is 4.13. The summed E-state index contributed by atoms with van der Waals surface area (Å²) in [6, 6.07) is 0. The summed E-state index contributed by atoms with van der Waals surface area (Å²) in [7, 11) is 0. The Labute approximate surface area is 79.4 Å². The maximum absolute atomic E-state index is 11.1. The average molecular weight is 198 g/mol. The normalized spacial score (nSPS) is 18.0. The molecule has 1 aliphatic heterocycles. The molecule has 0 aliphatic carbocycles. The first kappa shape index (κ1) is 8.62. The highest BCUT2D eigenvalue weighted by Gasteiger charge is 2.24. The third kappa shape index (κ3) is 1.23. The zero-order valence-electron chi connectivity index (χ0n) is 7.08. The molecule has 0 bridgehead atoms. The Morgan fingerprint density at radius 1 is 1.15 bits per heavy atom. The third-order valence-corrected chi connectivity index (χ3v) is 3.19. The Balaban J connectivity index is 2.26. The van der Waals surface area contributed by atoms with Crippen LogP contribution >= 0.6 is 11.8 Å². The van der Waals surface area contributed by atoms with Crippen molar-refractivity contribution in [2.24, 2.45) is 0 Å². The molecule has 0 spiro atoms. The van der Waals surface area contributed by atoms with Gasteiger partial charge in [-0.3, -0.25) is 9.59 Å². The molecule has 0 saturated carbocycles. The molecule has 4 nitrogen and oxygen atoms in total. The standard InChI is InChI=1S/C8H10N2O2S/c9-5-6(8(12)7(5)11)10-1-3-13-4-2-10/h1-4,9H2. The first-order valence-corrected chi connectivity index (χ1v) is 5.29. The SMILES string of the molecule is Nc1c(N2CCSCC2)c(=O)c1=O. The van der Waals surface area contributed by atoms with Crippen molar-refractivity contribution in [3.8, 4) is 0 Å². The smallest absolute Gasteiger partial charge is 0.253 e. The predicted molar refractivity (Wildman–Crippen MR) is 55.3 cm³/mol. The second-order valence-corrected chi connectivity index (χ2v) is 4.24. The lowest BCUT2D eigenvalue weighted by molar-refractivity contribution is 0.850. The second-order valence-electron chi connectivity index (χ2n) is 3.02. The second kappa shape index (κ2) is 3.06. The van der Waals surface area contributed by atoms with Gasteiger partial charge < -0.3 is 10.6 Å². The van der Waals surface area contributed by atoms with Crippen molar-refractivity contribution < 1.29 is 0 Å². The van der Waals surface area contributed by atoms with Crippen LogP contribution in [0.4, 0.5) is 11.4 Å². The number of rotatable bonds is 1. The topological polar surface area (TPSA) is 63.4 Å². The van der Waals surface area contributed by atoms with Crippen molar-refractivity contribution in [1.82, 2.24) is 0 Å². The molecule has 2 N–H and O–H groups in total. The van der Waals surface area contributed by atoms with Crippen LogP contribution in [-0.4, -0.2) is 24.6 Å². The van der Waals surface area contributed by atoms with E-state index in [4.69, 9.17) is 5.73 Å². The number of thioether (sulfide) groups is 1. The molecule has 1 fully saturated rings. The number of anilines is 2. The molecular formula is C8H10N2O2S. The quantitative estimate of drug-likeness (QED) is 0.611. The summed E-state index contributed by atoms with van der Waals surface area (Å²) in [5, 5.41) is 0. The Morgan fingerprint density at radius 2 is 1.77 bits per heavy atom. The van der Waals surface area contributed by atoms with Gasteiger partial charge in [0.2, 0.25) is 0 Å².